The molecule has 4 heteroatoms. The van der Waals surface area contributed by atoms with Crippen molar-refractivity contribution in [3.8, 4) is 11.5 Å². The lowest BCUT2D eigenvalue weighted by molar-refractivity contribution is 0.130. The summed E-state index contributed by atoms with van der Waals surface area (Å²) in [7, 11) is 0. The Bertz CT molecular complexity index is 388. The van der Waals surface area contributed by atoms with Gasteiger partial charge >= 0.3 is 0 Å². The van der Waals surface area contributed by atoms with Gasteiger partial charge in [-0.2, -0.15) is 0 Å². The number of hydrogen-bond acceptors (Lipinski definition) is 3. The molecule has 0 heterocycles. The third kappa shape index (κ3) is 6.17. The van der Waals surface area contributed by atoms with Crippen LogP contribution in [0.4, 0.5) is 0 Å². The third-order valence-corrected chi connectivity index (χ3v) is 2.69. The number of nitrogens with two attached hydrogens (primary N) is 1. The van der Waals surface area contributed by atoms with Crippen LogP contribution in [0.1, 0.15) is 58.6 Å². The summed E-state index contributed by atoms with van der Waals surface area (Å²) >= 11 is 0. The lowest BCUT2D eigenvalue weighted by atomic mass is 10.0. The summed E-state index contributed by atoms with van der Waals surface area (Å²) in [6, 6.07) is 5.15. The number of phenolic OH excluding ortho intramolecular Hbond substituents is 1. The van der Waals surface area contributed by atoms with Gasteiger partial charge in [0.1, 0.15) is 17.1 Å². The zero-order valence-corrected chi connectivity index (χ0v) is 13.1. The average molecular weight is 288 g/mol. The number of phenols is 1. The van der Waals surface area contributed by atoms with Crippen molar-refractivity contribution in [3.05, 3.63) is 23.8 Å². The summed E-state index contributed by atoms with van der Waals surface area (Å²) < 4.78 is 5.79. The lowest BCUT2D eigenvalue weighted by Gasteiger charge is -2.22. The molecular weight excluding hydrogens is 262 g/mol. The van der Waals surface area contributed by atoms with E-state index in [2.05, 4.69) is 6.92 Å². The van der Waals surface area contributed by atoms with Gasteiger partial charge in [-0.1, -0.05) is 19.8 Å². The third-order valence-electron chi connectivity index (χ3n) is 2.69. The van der Waals surface area contributed by atoms with E-state index >= 15 is 0 Å². The fraction of sp³-hybridized carbons (Fsp3) is 0.600. The maximum Gasteiger partial charge on any atom is 0.120 e. The standard InChI is InChI=1S/C15H25NO2.ClH/c1-5-6-7-13(16)12-10-11(8-9-14(12)17)18-15(2,3)4;/h8-10,13,17H,5-7,16H2,1-4H3;1H/t13-;/m1./s1. The summed E-state index contributed by atoms with van der Waals surface area (Å²) in [5.41, 5.74) is 6.62. The molecule has 3 nitrogen and oxygen atoms in total. The van der Waals surface area contributed by atoms with Crippen molar-refractivity contribution in [2.75, 3.05) is 0 Å². The fourth-order valence-electron chi connectivity index (χ4n) is 1.83. The molecule has 1 aromatic carbocycles. The number of hydrogen-bond donors (Lipinski definition) is 2. The first-order valence-corrected chi connectivity index (χ1v) is 6.61. The smallest absolute Gasteiger partial charge is 0.120 e. The molecule has 1 atom stereocenters. The van der Waals surface area contributed by atoms with Gasteiger partial charge in [0, 0.05) is 11.6 Å². The van der Waals surface area contributed by atoms with E-state index in [9.17, 15) is 5.11 Å². The zero-order chi connectivity index (χ0) is 13.8. The van der Waals surface area contributed by atoms with Crippen LogP contribution in [0, 0.1) is 0 Å². The minimum absolute atomic E-state index is 0. The quantitative estimate of drug-likeness (QED) is 0.854. The van der Waals surface area contributed by atoms with E-state index in [0.29, 0.717) is 0 Å². The minimum atomic E-state index is -0.248. The Morgan fingerprint density at radius 3 is 2.47 bits per heavy atom. The molecule has 0 saturated heterocycles. The van der Waals surface area contributed by atoms with Gasteiger partial charge in [0.25, 0.3) is 0 Å². The van der Waals surface area contributed by atoms with Gasteiger partial charge in [0.2, 0.25) is 0 Å². The number of halogens is 1. The largest absolute Gasteiger partial charge is 0.508 e. The van der Waals surface area contributed by atoms with Crippen LogP contribution in [0.15, 0.2) is 18.2 Å². The topological polar surface area (TPSA) is 55.5 Å². The molecule has 1 rings (SSSR count). The predicted molar refractivity (Wildman–Crippen MR) is 82.2 cm³/mol. The van der Waals surface area contributed by atoms with Gasteiger partial charge in [-0.05, 0) is 45.4 Å². The normalized spacial score (nSPS) is 12.7. The van der Waals surface area contributed by atoms with Gasteiger partial charge in [-0.15, -0.1) is 12.4 Å². The zero-order valence-electron chi connectivity index (χ0n) is 12.3. The van der Waals surface area contributed by atoms with Crippen LogP contribution in [0.5, 0.6) is 11.5 Å². The number of benzene rings is 1. The van der Waals surface area contributed by atoms with Crippen molar-refractivity contribution in [2.45, 2.75) is 58.6 Å². The Balaban J connectivity index is 0.00000324. The maximum atomic E-state index is 9.87. The van der Waals surface area contributed by atoms with E-state index in [0.717, 1.165) is 30.6 Å². The van der Waals surface area contributed by atoms with Gasteiger partial charge in [0.05, 0.1) is 0 Å². The first-order chi connectivity index (χ1) is 8.33. The molecule has 0 bridgehead atoms. The van der Waals surface area contributed by atoms with Crippen molar-refractivity contribution in [3.63, 3.8) is 0 Å². The van der Waals surface area contributed by atoms with E-state index < -0.39 is 0 Å². The molecule has 0 aromatic heterocycles. The summed E-state index contributed by atoms with van der Waals surface area (Å²) in [4.78, 5) is 0. The first-order valence-electron chi connectivity index (χ1n) is 6.61. The Morgan fingerprint density at radius 2 is 1.95 bits per heavy atom. The molecular formula is C15H26ClNO2. The van der Waals surface area contributed by atoms with E-state index in [4.69, 9.17) is 10.5 Å². The fourth-order valence-corrected chi connectivity index (χ4v) is 1.83. The molecule has 0 spiro atoms. The van der Waals surface area contributed by atoms with Gasteiger partial charge in [-0.3, -0.25) is 0 Å². The molecule has 0 aliphatic rings. The van der Waals surface area contributed by atoms with Gasteiger partial charge in [-0.25, -0.2) is 0 Å². The summed E-state index contributed by atoms with van der Waals surface area (Å²) in [5.74, 6) is 1.00. The second-order valence-corrected chi connectivity index (χ2v) is 5.68. The molecule has 0 amide bonds. The van der Waals surface area contributed by atoms with Gasteiger partial charge in [0.15, 0.2) is 0 Å². The van der Waals surface area contributed by atoms with Gasteiger partial charge < -0.3 is 15.6 Å². The second-order valence-electron chi connectivity index (χ2n) is 5.68. The molecule has 0 radical (unpaired) electrons. The molecule has 0 aliphatic carbocycles. The highest BCUT2D eigenvalue weighted by Gasteiger charge is 2.15. The number of aromatic hydroxyl groups is 1. The van der Waals surface area contributed by atoms with Crippen LogP contribution in [0.2, 0.25) is 0 Å². The van der Waals surface area contributed by atoms with Crippen LogP contribution in [-0.4, -0.2) is 10.7 Å². The van der Waals surface area contributed by atoms with Crippen molar-refractivity contribution in [1.29, 1.82) is 0 Å². The van der Waals surface area contributed by atoms with Crippen molar-refractivity contribution >= 4 is 12.4 Å². The average Bonchev–Trinajstić information content (AvgIpc) is 2.26. The molecule has 0 fully saturated rings. The van der Waals surface area contributed by atoms with Crippen LogP contribution < -0.4 is 10.5 Å². The van der Waals surface area contributed by atoms with Crippen LogP contribution >= 0.6 is 12.4 Å². The molecule has 0 saturated carbocycles. The van der Waals surface area contributed by atoms with E-state index in [1.165, 1.54) is 0 Å². The number of rotatable bonds is 5. The maximum absolute atomic E-state index is 9.87. The second kappa shape index (κ2) is 7.61. The Hall–Kier alpha value is -0.930. The summed E-state index contributed by atoms with van der Waals surface area (Å²) in [6.45, 7) is 8.12. The monoisotopic (exact) mass is 287 g/mol. The van der Waals surface area contributed by atoms with E-state index in [1.807, 2.05) is 26.8 Å². The predicted octanol–water partition coefficient (Wildman–Crippen LogP) is 4.18. The van der Waals surface area contributed by atoms with Crippen LogP contribution in [-0.2, 0) is 0 Å². The summed E-state index contributed by atoms with van der Waals surface area (Å²) in [5, 5.41) is 9.87. The molecule has 3 N–H and O–H groups in total. The van der Waals surface area contributed by atoms with Crippen LogP contribution in [0.3, 0.4) is 0 Å². The highest BCUT2D eigenvalue weighted by atomic mass is 35.5. The SMILES string of the molecule is CCCC[C@@H](N)c1cc(OC(C)(C)C)ccc1O.Cl. The lowest BCUT2D eigenvalue weighted by Crippen LogP contribution is -2.23. The Morgan fingerprint density at radius 1 is 1.32 bits per heavy atom. The first kappa shape index (κ1) is 18.1. The van der Waals surface area contributed by atoms with E-state index in [-0.39, 0.29) is 29.8 Å². The highest BCUT2D eigenvalue weighted by Crippen LogP contribution is 2.31. The molecule has 110 valence electrons. The minimum Gasteiger partial charge on any atom is -0.508 e. The molecule has 1 aromatic rings. The molecule has 19 heavy (non-hydrogen) atoms. The summed E-state index contributed by atoms with van der Waals surface area (Å²) in [6.07, 6.45) is 3.04. The number of unbranched alkanes of at least 4 members (excludes halogenated alkanes) is 1. The van der Waals surface area contributed by atoms with Crippen molar-refractivity contribution in [2.24, 2.45) is 5.73 Å². The van der Waals surface area contributed by atoms with E-state index in [1.54, 1.807) is 12.1 Å². The van der Waals surface area contributed by atoms with Crippen molar-refractivity contribution in [1.82, 2.24) is 0 Å². The van der Waals surface area contributed by atoms with Crippen molar-refractivity contribution < 1.29 is 9.84 Å². The Kier molecular flexibility index (Phi) is 7.24. The molecule has 0 unspecified atom stereocenters. The number of ether oxygens (including phenoxy) is 1. The molecule has 0 aliphatic heterocycles. The highest BCUT2D eigenvalue weighted by molar-refractivity contribution is 5.85. The van der Waals surface area contributed by atoms with Crippen LogP contribution in [0.25, 0.3) is 0 Å². The Labute approximate surface area is 122 Å².